The first-order valence-corrected chi connectivity index (χ1v) is 11.9. The number of ketones is 1. The third-order valence-electron chi connectivity index (χ3n) is 6.61. The van der Waals surface area contributed by atoms with E-state index in [0.717, 1.165) is 22.3 Å². The van der Waals surface area contributed by atoms with E-state index in [4.69, 9.17) is 9.47 Å². The zero-order chi connectivity index (χ0) is 26.1. The van der Waals surface area contributed by atoms with E-state index in [9.17, 15) is 14.7 Å². The summed E-state index contributed by atoms with van der Waals surface area (Å²) in [5.74, 6) is -0.135. The van der Waals surface area contributed by atoms with Gasteiger partial charge >= 0.3 is 0 Å². The van der Waals surface area contributed by atoms with Crippen molar-refractivity contribution in [3.8, 4) is 11.5 Å². The molecule has 186 valence electrons. The second-order valence-corrected chi connectivity index (χ2v) is 9.35. The predicted molar refractivity (Wildman–Crippen MR) is 141 cm³/mol. The van der Waals surface area contributed by atoms with E-state index in [2.05, 4.69) is 0 Å². The molecule has 36 heavy (non-hydrogen) atoms. The van der Waals surface area contributed by atoms with Gasteiger partial charge in [0.25, 0.3) is 11.7 Å². The zero-order valence-corrected chi connectivity index (χ0v) is 21.5. The molecule has 0 bridgehead atoms. The number of Topliss-reactive ketones (excluding diaryl/α,β-unsaturated/α-hetero) is 1. The summed E-state index contributed by atoms with van der Waals surface area (Å²) in [7, 11) is 3.18. The van der Waals surface area contributed by atoms with Gasteiger partial charge in [-0.3, -0.25) is 14.5 Å². The minimum absolute atomic E-state index is 0.0596. The number of hydrogen-bond donors (Lipinski definition) is 1. The number of carbonyl (C=O) groups is 2. The highest BCUT2D eigenvalue weighted by Crippen LogP contribution is 2.43. The number of rotatable bonds is 6. The van der Waals surface area contributed by atoms with Crippen LogP contribution in [0, 0.1) is 13.8 Å². The highest BCUT2D eigenvalue weighted by Gasteiger charge is 2.47. The number of ether oxygens (including phenoxy) is 2. The van der Waals surface area contributed by atoms with Crippen LogP contribution in [0.15, 0.2) is 66.2 Å². The number of methoxy groups -OCH3 is 2. The fourth-order valence-corrected chi connectivity index (χ4v) is 4.72. The Morgan fingerprint density at radius 2 is 1.64 bits per heavy atom. The number of aryl methyl sites for hydroxylation is 2. The summed E-state index contributed by atoms with van der Waals surface area (Å²) >= 11 is 0. The smallest absolute Gasteiger partial charge is 0.300 e. The minimum atomic E-state index is -0.790. The number of nitrogens with zero attached hydrogens (tertiary/aromatic N) is 1. The molecule has 1 unspecified atom stereocenters. The minimum Gasteiger partial charge on any atom is -0.507 e. The second-order valence-electron chi connectivity index (χ2n) is 9.35. The lowest BCUT2D eigenvalue weighted by Crippen LogP contribution is -2.29. The molecule has 6 heteroatoms. The fraction of sp³-hybridized carbons (Fsp3) is 0.267. The van der Waals surface area contributed by atoms with Gasteiger partial charge in [-0.1, -0.05) is 43.7 Å². The summed E-state index contributed by atoms with van der Waals surface area (Å²) in [5, 5.41) is 11.6. The van der Waals surface area contributed by atoms with E-state index >= 15 is 0 Å². The van der Waals surface area contributed by atoms with Crippen molar-refractivity contribution in [2.45, 2.75) is 39.7 Å². The van der Waals surface area contributed by atoms with Crippen molar-refractivity contribution in [2.75, 3.05) is 19.1 Å². The number of benzene rings is 3. The monoisotopic (exact) mass is 485 g/mol. The fourth-order valence-electron chi connectivity index (χ4n) is 4.72. The van der Waals surface area contributed by atoms with Crippen LogP contribution in [0.4, 0.5) is 5.69 Å². The number of aliphatic hydroxyl groups is 1. The molecule has 0 aromatic heterocycles. The number of anilines is 1. The Balaban J connectivity index is 1.97. The summed E-state index contributed by atoms with van der Waals surface area (Å²) in [6.07, 6.45) is 0. The Morgan fingerprint density at radius 1 is 0.944 bits per heavy atom. The molecule has 0 saturated carbocycles. The van der Waals surface area contributed by atoms with Crippen molar-refractivity contribution in [3.63, 3.8) is 0 Å². The van der Waals surface area contributed by atoms with Crippen molar-refractivity contribution in [1.29, 1.82) is 0 Å². The van der Waals surface area contributed by atoms with E-state index in [1.807, 2.05) is 64.1 Å². The van der Waals surface area contributed by atoms with Gasteiger partial charge in [0.15, 0.2) is 0 Å². The van der Waals surface area contributed by atoms with Gasteiger partial charge in [-0.25, -0.2) is 0 Å². The largest absolute Gasteiger partial charge is 0.507 e. The average molecular weight is 486 g/mol. The Bertz CT molecular complexity index is 1350. The first-order valence-electron chi connectivity index (χ1n) is 11.9. The molecule has 3 aromatic rings. The van der Waals surface area contributed by atoms with Crippen molar-refractivity contribution >= 4 is 23.1 Å². The third-order valence-corrected chi connectivity index (χ3v) is 6.61. The van der Waals surface area contributed by atoms with Crippen LogP contribution < -0.4 is 14.4 Å². The molecular formula is C30H31NO5. The Hall–Kier alpha value is -4.06. The summed E-state index contributed by atoms with van der Waals surface area (Å²) in [6, 6.07) is 17.5. The molecule has 0 aliphatic carbocycles. The number of hydrogen-bond acceptors (Lipinski definition) is 5. The third kappa shape index (κ3) is 4.35. The number of amides is 1. The van der Waals surface area contributed by atoms with Crippen molar-refractivity contribution in [2.24, 2.45) is 0 Å². The van der Waals surface area contributed by atoms with Crippen LogP contribution in [0.3, 0.4) is 0 Å². The van der Waals surface area contributed by atoms with Gasteiger partial charge in [-0.15, -0.1) is 0 Å². The second kappa shape index (κ2) is 9.90. The first-order chi connectivity index (χ1) is 17.2. The van der Waals surface area contributed by atoms with Gasteiger partial charge in [-0.2, -0.15) is 0 Å². The highest BCUT2D eigenvalue weighted by atomic mass is 16.5. The molecule has 1 saturated heterocycles. The lowest BCUT2D eigenvalue weighted by molar-refractivity contribution is -0.132. The summed E-state index contributed by atoms with van der Waals surface area (Å²) in [5.41, 5.74) is 4.47. The average Bonchev–Trinajstić information content (AvgIpc) is 3.13. The standard InChI is InChI=1S/C30H31NO5/c1-17(2)23-16-24(19(4)15-25(23)36-6)28(32)26-27(20-9-7-8-18(3)14-20)31(30(34)29(26)33)21-10-12-22(35-5)13-11-21/h7-17,27,32H,1-6H3/b28-26+. The van der Waals surface area contributed by atoms with Crippen LogP contribution >= 0.6 is 0 Å². The molecule has 1 amide bonds. The number of carbonyl (C=O) groups excluding carboxylic acids is 2. The molecule has 1 fully saturated rings. The highest BCUT2D eigenvalue weighted by molar-refractivity contribution is 6.51. The maximum absolute atomic E-state index is 13.5. The molecule has 1 aliphatic rings. The van der Waals surface area contributed by atoms with Crippen molar-refractivity contribution in [1.82, 2.24) is 0 Å². The van der Waals surface area contributed by atoms with Crippen LogP contribution in [0.2, 0.25) is 0 Å². The molecular weight excluding hydrogens is 454 g/mol. The molecule has 1 atom stereocenters. The summed E-state index contributed by atoms with van der Waals surface area (Å²) in [6.45, 7) is 7.87. The summed E-state index contributed by atoms with van der Waals surface area (Å²) in [4.78, 5) is 28.4. The number of aliphatic hydroxyl groups excluding tert-OH is 1. The van der Waals surface area contributed by atoms with Gasteiger partial charge in [0, 0.05) is 11.3 Å². The lowest BCUT2D eigenvalue weighted by Gasteiger charge is -2.26. The van der Waals surface area contributed by atoms with Crippen molar-refractivity contribution < 1.29 is 24.2 Å². The van der Waals surface area contributed by atoms with E-state index in [-0.39, 0.29) is 17.3 Å². The van der Waals surface area contributed by atoms with Crippen molar-refractivity contribution in [3.05, 3.63) is 94.1 Å². The Kier molecular flexibility index (Phi) is 6.88. The summed E-state index contributed by atoms with van der Waals surface area (Å²) < 4.78 is 10.8. The van der Waals surface area contributed by atoms with Crippen LogP contribution in [0.25, 0.3) is 5.76 Å². The van der Waals surface area contributed by atoms with Gasteiger partial charge < -0.3 is 14.6 Å². The van der Waals surface area contributed by atoms with Gasteiger partial charge in [0.05, 0.1) is 25.8 Å². The molecule has 0 radical (unpaired) electrons. The first kappa shape index (κ1) is 25.0. The van der Waals surface area contributed by atoms with Crippen LogP contribution in [0.1, 0.15) is 53.6 Å². The Labute approximate surface area is 211 Å². The maximum Gasteiger partial charge on any atom is 0.300 e. The van der Waals surface area contributed by atoms with E-state index in [1.165, 1.54) is 4.90 Å². The molecule has 1 heterocycles. The van der Waals surface area contributed by atoms with E-state index < -0.39 is 17.7 Å². The topological polar surface area (TPSA) is 76.1 Å². The zero-order valence-electron chi connectivity index (χ0n) is 21.5. The van der Waals surface area contributed by atoms with E-state index in [0.29, 0.717) is 22.7 Å². The van der Waals surface area contributed by atoms with Gasteiger partial charge in [0.2, 0.25) is 0 Å². The maximum atomic E-state index is 13.5. The van der Waals surface area contributed by atoms with Crippen LogP contribution in [0.5, 0.6) is 11.5 Å². The molecule has 1 aliphatic heterocycles. The van der Waals surface area contributed by atoms with E-state index in [1.54, 1.807) is 38.5 Å². The Morgan fingerprint density at radius 3 is 2.22 bits per heavy atom. The molecule has 3 aromatic carbocycles. The van der Waals surface area contributed by atoms with Crippen LogP contribution in [-0.4, -0.2) is 31.0 Å². The van der Waals surface area contributed by atoms with Gasteiger partial charge in [-0.05, 0) is 72.9 Å². The normalized spacial score (nSPS) is 17.1. The lowest BCUT2D eigenvalue weighted by atomic mass is 9.90. The molecule has 6 nitrogen and oxygen atoms in total. The van der Waals surface area contributed by atoms with Gasteiger partial charge in [0.1, 0.15) is 17.3 Å². The van der Waals surface area contributed by atoms with Crippen LogP contribution in [-0.2, 0) is 9.59 Å². The SMILES string of the molecule is COc1ccc(N2C(=O)C(=O)/C(=C(/O)c3cc(C(C)C)c(OC)cc3C)C2c2cccc(C)c2)cc1. The quantitative estimate of drug-likeness (QED) is 0.261. The molecule has 1 N–H and O–H groups in total. The molecule has 4 rings (SSSR count). The molecule has 0 spiro atoms. The predicted octanol–water partition coefficient (Wildman–Crippen LogP) is 6.07.